The van der Waals surface area contributed by atoms with E-state index in [1.165, 1.54) is 13.2 Å². The molecule has 0 N–H and O–H groups in total. The highest BCUT2D eigenvalue weighted by Crippen LogP contribution is 2.39. The first-order valence-corrected chi connectivity index (χ1v) is 4.34. The second kappa shape index (κ2) is 3.65. The molecule has 0 saturated heterocycles. The van der Waals surface area contributed by atoms with Gasteiger partial charge in [-0.05, 0) is 0 Å². The van der Waals surface area contributed by atoms with Crippen molar-refractivity contribution in [3.05, 3.63) is 17.4 Å². The first-order chi connectivity index (χ1) is 7.27. The molecule has 0 saturated carbocycles. The van der Waals surface area contributed by atoms with Crippen LogP contribution in [0.15, 0.2) is 6.07 Å². The van der Waals surface area contributed by atoms with E-state index in [0.29, 0.717) is 19.0 Å². The van der Waals surface area contributed by atoms with E-state index in [9.17, 15) is 4.39 Å². The highest BCUT2D eigenvalue weighted by Gasteiger charge is 2.23. The van der Waals surface area contributed by atoms with Gasteiger partial charge in [-0.15, -0.1) is 0 Å². The van der Waals surface area contributed by atoms with Gasteiger partial charge in [0.2, 0.25) is 0 Å². The molecule has 2 rings (SSSR count). The maximum Gasteiger partial charge on any atom is 0.186 e. The van der Waals surface area contributed by atoms with Gasteiger partial charge in [0.05, 0.1) is 7.11 Å². The van der Waals surface area contributed by atoms with Gasteiger partial charge in [-0.25, -0.2) is 4.39 Å². The Morgan fingerprint density at radius 2 is 2.20 bits per heavy atom. The van der Waals surface area contributed by atoms with E-state index < -0.39 is 5.82 Å². The molecule has 1 aromatic carbocycles. The third kappa shape index (κ3) is 1.44. The van der Waals surface area contributed by atoms with Crippen molar-refractivity contribution in [2.45, 2.75) is 0 Å². The summed E-state index contributed by atoms with van der Waals surface area (Å²) in [7, 11) is 1.33. The largest absolute Gasteiger partial charge is 0.493 e. The van der Waals surface area contributed by atoms with E-state index in [2.05, 4.69) is 0 Å². The van der Waals surface area contributed by atoms with Crippen LogP contribution in [0.25, 0.3) is 0 Å². The molecule has 0 radical (unpaired) electrons. The summed E-state index contributed by atoms with van der Waals surface area (Å²) < 4.78 is 28.8. The molecule has 0 atom stereocenters. The van der Waals surface area contributed by atoms with E-state index >= 15 is 0 Å². The average Bonchev–Trinajstić information content (AvgIpc) is 2.28. The topological polar surface area (TPSA) is 51.5 Å². The van der Waals surface area contributed by atoms with Gasteiger partial charge in [0.25, 0.3) is 0 Å². The molecule has 0 amide bonds. The summed E-state index contributed by atoms with van der Waals surface area (Å²) in [5.41, 5.74) is -0.177. The zero-order chi connectivity index (χ0) is 10.8. The van der Waals surface area contributed by atoms with Gasteiger partial charge >= 0.3 is 0 Å². The fraction of sp³-hybridized carbons (Fsp3) is 0.300. The van der Waals surface area contributed by atoms with Gasteiger partial charge < -0.3 is 14.2 Å². The van der Waals surface area contributed by atoms with Gasteiger partial charge in [0.1, 0.15) is 24.8 Å². The standard InChI is InChI=1S/C10H8FNO3/c1-13-7-4-8-10(15-3-2-14-8)6(5-12)9(7)11/h4H,2-3H2,1H3. The van der Waals surface area contributed by atoms with Crippen LogP contribution >= 0.6 is 0 Å². The molecule has 0 unspecified atom stereocenters. The molecule has 0 bridgehead atoms. The number of nitrogens with zero attached hydrogens (tertiary/aromatic N) is 1. The molecule has 1 heterocycles. The Labute approximate surface area is 85.8 Å². The number of rotatable bonds is 1. The highest BCUT2D eigenvalue weighted by atomic mass is 19.1. The zero-order valence-electron chi connectivity index (χ0n) is 8.04. The third-order valence-electron chi connectivity index (χ3n) is 2.07. The minimum atomic E-state index is -0.718. The van der Waals surface area contributed by atoms with E-state index in [4.69, 9.17) is 19.5 Å². The Morgan fingerprint density at radius 1 is 1.47 bits per heavy atom. The van der Waals surface area contributed by atoms with Crippen molar-refractivity contribution in [1.82, 2.24) is 0 Å². The molecule has 1 aliphatic rings. The Morgan fingerprint density at radius 3 is 2.87 bits per heavy atom. The highest BCUT2D eigenvalue weighted by molar-refractivity contribution is 5.58. The van der Waals surface area contributed by atoms with Crippen molar-refractivity contribution in [3.8, 4) is 23.3 Å². The van der Waals surface area contributed by atoms with Crippen LogP contribution in [0.2, 0.25) is 0 Å². The smallest absolute Gasteiger partial charge is 0.186 e. The Kier molecular flexibility index (Phi) is 2.34. The summed E-state index contributed by atoms with van der Waals surface area (Å²) in [6.07, 6.45) is 0. The van der Waals surface area contributed by atoms with Crippen LogP contribution in [-0.2, 0) is 0 Å². The number of ether oxygens (including phenoxy) is 3. The van der Waals surface area contributed by atoms with Crippen molar-refractivity contribution in [2.24, 2.45) is 0 Å². The number of benzene rings is 1. The van der Waals surface area contributed by atoms with E-state index in [-0.39, 0.29) is 17.1 Å². The molecule has 1 aromatic rings. The maximum absolute atomic E-state index is 13.6. The minimum absolute atomic E-state index is 0.0178. The van der Waals surface area contributed by atoms with Crippen LogP contribution in [0.4, 0.5) is 4.39 Å². The van der Waals surface area contributed by atoms with Gasteiger partial charge in [-0.1, -0.05) is 0 Å². The van der Waals surface area contributed by atoms with E-state index in [1.54, 1.807) is 6.07 Å². The van der Waals surface area contributed by atoms with Crippen LogP contribution in [-0.4, -0.2) is 20.3 Å². The van der Waals surface area contributed by atoms with Crippen LogP contribution in [0, 0.1) is 17.1 Å². The average molecular weight is 209 g/mol. The van der Waals surface area contributed by atoms with Gasteiger partial charge in [-0.2, -0.15) is 5.26 Å². The minimum Gasteiger partial charge on any atom is -0.493 e. The van der Waals surface area contributed by atoms with Gasteiger partial charge in [-0.3, -0.25) is 0 Å². The van der Waals surface area contributed by atoms with Crippen LogP contribution in [0.5, 0.6) is 17.2 Å². The summed E-state index contributed by atoms with van der Waals surface area (Å²) in [5.74, 6) is -0.238. The number of nitriles is 1. The summed E-state index contributed by atoms with van der Waals surface area (Å²) >= 11 is 0. The quantitative estimate of drug-likeness (QED) is 0.702. The fourth-order valence-corrected chi connectivity index (χ4v) is 1.39. The second-order valence-corrected chi connectivity index (χ2v) is 2.90. The normalized spacial score (nSPS) is 13.1. The predicted molar refractivity (Wildman–Crippen MR) is 48.7 cm³/mol. The van der Waals surface area contributed by atoms with Gasteiger partial charge in [0, 0.05) is 6.07 Å². The second-order valence-electron chi connectivity index (χ2n) is 2.90. The number of hydrogen-bond acceptors (Lipinski definition) is 4. The Hall–Kier alpha value is -1.96. The lowest BCUT2D eigenvalue weighted by Crippen LogP contribution is -2.17. The zero-order valence-corrected chi connectivity index (χ0v) is 8.04. The predicted octanol–water partition coefficient (Wildman–Crippen LogP) is 1.48. The van der Waals surface area contributed by atoms with Crippen molar-refractivity contribution >= 4 is 0 Å². The Balaban J connectivity index is 2.65. The molecule has 0 aromatic heterocycles. The maximum atomic E-state index is 13.6. The van der Waals surface area contributed by atoms with E-state index in [0.717, 1.165) is 0 Å². The lowest BCUT2D eigenvalue weighted by Gasteiger charge is -2.20. The van der Waals surface area contributed by atoms with Crippen LogP contribution in [0.1, 0.15) is 5.56 Å². The molecule has 0 spiro atoms. The molecular weight excluding hydrogens is 201 g/mol. The van der Waals surface area contributed by atoms with E-state index in [1.807, 2.05) is 0 Å². The van der Waals surface area contributed by atoms with Crippen molar-refractivity contribution in [1.29, 1.82) is 5.26 Å². The monoisotopic (exact) mass is 209 g/mol. The van der Waals surface area contributed by atoms with Crippen LogP contribution < -0.4 is 14.2 Å². The fourth-order valence-electron chi connectivity index (χ4n) is 1.39. The molecule has 1 aliphatic heterocycles. The van der Waals surface area contributed by atoms with Crippen molar-refractivity contribution in [2.75, 3.05) is 20.3 Å². The molecule has 78 valence electrons. The number of methoxy groups -OCH3 is 1. The lowest BCUT2D eigenvalue weighted by molar-refractivity contribution is 0.169. The molecule has 0 aliphatic carbocycles. The number of hydrogen-bond donors (Lipinski definition) is 0. The Bertz CT molecular complexity index is 439. The SMILES string of the molecule is COc1cc2c(c(C#N)c1F)OCCO2. The molecular formula is C10H8FNO3. The number of fused-ring (bicyclic) bond motifs is 1. The summed E-state index contributed by atoms with van der Waals surface area (Å²) in [6, 6.07) is 3.12. The first kappa shape index (κ1) is 9.59. The molecule has 15 heavy (non-hydrogen) atoms. The molecule has 5 heteroatoms. The molecule has 4 nitrogen and oxygen atoms in total. The van der Waals surface area contributed by atoms with Crippen molar-refractivity contribution < 1.29 is 18.6 Å². The summed E-state index contributed by atoms with van der Waals surface area (Å²) in [6.45, 7) is 0.695. The van der Waals surface area contributed by atoms with Crippen molar-refractivity contribution in [3.63, 3.8) is 0 Å². The lowest BCUT2D eigenvalue weighted by atomic mass is 10.1. The number of halogens is 1. The van der Waals surface area contributed by atoms with Gasteiger partial charge in [0.15, 0.2) is 23.1 Å². The first-order valence-electron chi connectivity index (χ1n) is 4.34. The summed E-state index contributed by atoms with van der Waals surface area (Å²) in [4.78, 5) is 0. The summed E-state index contributed by atoms with van der Waals surface area (Å²) in [5, 5.41) is 8.81. The molecule has 0 fully saturated rings. The third-order valence-corrected chi connectivity index (χ3v) is 2.07. The van der Waals surface area contributed by atoms with Crippen LogP contribution in [0.3, 0.4) is 0 Å².